The Labute approximate surface area is 85.3 Å². The van der Waals surface area contributed by atoms with E-state index in [0.717, 1.165) is 0 Å². The Hall–Kier alpha value is -2.04. The molecule has 0 aliphatic heterocycles. The van der Waals surface area contributed by atoms with Crippen LogP contribution in [0.15, 0.2) is 29.1 Å². The zero-order valence-corrected chi connectivity index (χ0v) is 8.19. The molecule has 0 aliphatic rings. The fourth-order valence-corrected chi connectivity index (χ4v) is 1.46. The average Bonchev–Trinajstić information content (AvgIpc) is 2.57. The molecule has 1 aromatic carbocycles. The Morgan fingerprint density at radius 1 is 1.47 bits per heavy atom. The van der Waals surface area contributed by atoms with Crippen molar-refractivity contribution in [3.8, 4) is 0 Å². The van der Waals surface area contributed by atoms with E-state index in [4.69, 9.17) is 0 Å². The molecule has 2 aromatic rings. The number of aromatic nitrogens is 2. The first-order valence-electron chi connectivity index (χ1n) is 4.46. The predicted molar refractivity (Wildman–Crippen MR) is 54.6 cm³/mol. The van der Waals surface area contributed by atoms with Gasteiger partial charge in [0.05, 0.1) is 18.0 Å². The quantitative estimate of drug-likeness (QED) is 0.728. The van der Waals surface area contributed by atoms with Crippen LogP contribution in [0.3, 0.4) is 0 Å². The maximum Gasteiger partial charge on any atom is 0.327 e. The number of carbonyl (C=O) groups excluding carboxylic acids is 1. The highest BCUT2D eigenvalue weighted by molar-refractivity contribution is 5.80. The number of nitrogens with zero attached hydrogens (tertiary/aromatic N) is 1. The van der Waals surface area contributed by atoms with Gasteiger partial charge in [0.1, 0.15) is 6.54 Å². The molecule has 0 radical (unpaired) electrons. The van der Waals surface area contributed by atoms with Gasteiger partial charge in [0.25, 0.3) is 5.56 Å². The van der Waals surface area contributed by atoms with E-state index in [1.165, 1.54) is 11.8 Å². The van der Waals surface area contributed by atoms with Gasteiger partial charge in [-0.2, -0.15) is 0 Å². The number of H-pyrrole nitrogens is 1. The third-order valence-electron chi connectivity index (χ3n) is 2.19. The van der Waals surface area contributed by atoms with Crippen LogP contribution in [0, 0.1) is 0 Å². The molecule has 78 valence electrons. The SMILES string of the molecule is COC(=O)Cn1[nH]c(=O)c2ccccc21. The Morgan fingerprint density at radius 2 is 2.20 bits per heavy atom. The average molecular weight is 206 g/mol. The molecule has 0 fully saturated rings. The number of hydrogen-bond donors (Lipinski definition) is 1. The van der Waals surface area contributed by atoms with E-state index in [1.807, 2.05) is 6.07 Å². The summed E-state index contributed by atoms with van der Waals surface area (Å²) in [4.78, 5) is 22.5. The number of carbonyl (C=O) groups is 1. The van der Waals surface area contributed by atoms with Crippen molar-refractivity contribution < 1.29 is 9.53 Å². The van der Waals surface area contributed by atoms with Crippen molar-refractivity contribution >= 4 is 16.9 Å². The number of aromatic amines is 1. The summed E-state index contributed by atoms with van der Waals surface area (Å²) in [6.07, 6.45) is 0. The predicted octanol–water partition coefficient (Wildman–Crippen LogP) is 0.503. The van der Waals surface area contributed by atoms with Crippen LogP contribution in [-0.2, 0) is 16.1 Å². The van der Waals surface area contributed by atoms with Gasteiger partial charge in [-0.3, -0.25) is 19.4 Å². The fraction of sp³-hybridized carbons (Fsp3) is 0.200. The molecular weight excluding hydrogens is 196 g/mol. The summed E-state index contributed by atoms with van der Waals surface area (Å²) in [7, 11) is 1.31. The Morgan fingerprint density at radius 3 is 2.93 bits per heavy atom. The van der Waals surface area contributed by atoms with E-state index in [2.05, 4.69) is 9.84 Å². The topological polar surface area (TPSA) is 64.1 Å². The van der Waals surface area contributed by atoms with E-state index in [9.17, 15) is 9.59 Å². The van der Waals surface area contributed by atoms with Gasteiger partial charge >= 0.3 is 5.97 Å². The van der Waals surface area contributed by atoms with Gasteiger partial charge in [-0.25, -0.2) is 0 Å². The maximum atomic E-state index is 11.4. The highest BCUT2D eigenvalue weighted by Gasteiger charge is 2.08. The van der Waals surface area contributed by atoms with Gasteiger partial charge < -0.3 is 4.74 Å². The second kappa shape index (κ2) is 3.61. The van der Waals surface area contributed by atoms with E-state index in [-0.39, 0.29) is 12.1 Å². The molecule has 1 aromatic heterocycles. The monoisotopic (exact) mass is 206 g/mol. The number of benzene rings is 1. The van der Waals surface area contributed by atoms with Gasteiger partial charge in [0.15, 0.2) is 0 Å². The molecule has 0 aliphatic carbocycles. The van der Waals surface area contributed by atoms with Crippen molar-refractivity contribution in [2.24, 2.45) is 0 Å². The van der Waals surface area contributed by atoms with Gasteiger partial charge in [-0.1, -0.05) is 12.1 Å². The van der Waals surface area contributed by atoms with Gasteiger partial charge in [0, 0.05) is 0 Å². The fourth-order valence-electron chi connectivity index (χ4n) is 1.46. The lowest BCUT2D eigenvalue weighted by molar-refractivity contribution is -0.141. The number of esters is 1. The molecule has 0 saturated heterocycles. The van der Waals surface area contributed by atoms with Crippen LogP contribution >= 0.6 is 0 Å². The highest BCUT2D eigenvalue weighted by Crippen LogP contribution is 2.08. The molecule has 1 heterocycles. The number of para-hydroxylation sites is 1. The Balaban J connectivity index is 2.53. The van der Waals surface area contributed by atoms with Crippen molar-refractivity contribution in [2.75, 3.05) is 7.11 Å². The molecule has 5 heteroatoms. The Bertz CT molecular complexity index is 553. The second-order valence-electron chi connectivity index (χ2n) is 3.12. The minimum absolute atomic E-state index is 0.0131. The molecule has 0 saturated carbocycles. The first kappa shape index (κ1) is 9.51. The van der Waals surface area contributed by atoms with Crippen LogP contribution in [0.5, 0.6) is 0 Å². The normalized spacial score (nSPS) is 10.5. The minimum atomic E-state index is -0.396. The lowest BCUT2D eigenvalue weighted by Gasteiger charge is -2.01. The van der Waals surface area contributed by atoms with Crippen molar-refractivity contribution in [1.82, 2.24) is 9.78 Å². The standard InChI is InChI=1S/C10H10N2O3/c1-15-9(13)6-12-8-5-3-2-4-7(8)10(14)11-12/h2-5H,6H2,1H3,(H,11,14). The largest absolute Gasteiger partial charge is 0.468 e. The van der Waals surface area contributed by atoms with Crippen molar-refractivity contribution in [3.05, 3.63) is 34.6 Å². The number of rotatable bonds is 2. The molecule has 0 amide bonds. The highest BCUT2D eigenvalue weighted by atomic mass is 16.5. The maximum absolute atomic E-state index is 11.4. The molecule has 15 heavy (non-hydrogen) atoms. The number of ether oxygens (including phenoxy) is 1. The summed E-state index contributed by atoms with van der Waals surface area (Å²) < 4.78 is 6.01. The molecule has 0 unspecified atom stereocenters. The number of methoxy groups -OCH3 is 1. The smallest absolute Gasteiger partial charge is 0.327 e. The summed E-state index contributed by atoms with van der Waals surface area (Å²) >= 11 is 0. The summed E-state index contributed by atoms with van der Waals surface area (Å²) in [5.74, 6) is -0.396. The molecular formula is C10H10N2O3. The van der Waals surface area contributed by atoms with E-state index in [0.29, 0.717) is 10.9 Å². The zero-order chi connectivity index (χ0) is 10.8. The molecule has 1 N–H and O–H groups in total. The summed E-state index contributed by atoms with van der Waals surface area (Å²) in [5.41, 5.74) is 0.502. The third kappa shape index (κ3) is 1.63. The zero-order valence-electron chi connectivity index (χ0n) is 8.19. The summed E-state index contributed by atoms with van der Waals surface area (Å²) in [6, 6.07) is 7.07. The first-order valence-corrected chi connectivity index (χ1v) is 4.46. The minimum Gasteiger partial charge on any atom is -0.468 e. The first-order chi connectivity index (χ1) is 7.22. The van der Waals surface area contributed by atoms with Crippen LogP contribution in [0.2, 0.25) is 0 Å². The molecule has 0 atom stereocenters. The van der Waals surface area contributed by atoms with E-state index < -0.39 is 5.97 Å². The van der Waals surface area contributed by atoms with Crippen LogP contribution in [0.1, 0.15) is 0 Å². The Kier molecular flexibility index (Phi) is 2.29. The van der Waals surface area contributed by atoms with Crippen LogP contribution in [0.25, 0.3) is 10.9 Å². The lowest BCUT2D eigenvalue weighted by Crippen LogP contribution is -2.14. The third-order valence-corrected chi connectivity index (χ3v) is 2.19. The van der Waals surface area contributed by atoms with E-state index in [1.54, 1.807) is 18.2 Å². The van der Waals surface area contributed by atoms with Gasteiger partial charge in [-0.15, -0.1) is 0 Å². The molecule has 0 spiro atoms. The van der Waals surface area contributed by atoms with Crippen LogP contribution < -0.4 is 5.56 Å². The number of fused-ring (bicyclic) bond motifs is 1. The molecule has 5 nitrogen and oxygen atoms in total. The van der Waals surface area contributed by atoms with Crippen molar-refractivity contribution in [1.29, 1.82) is 0 Å². The van der Waals surface area contributed by atoms with Gasteiger partial charge in [-0.05, 0) is 12.1 Å². The van der Waals surface area contributed by atoms with Crippen LogP contribution in [-0.4, -0.2) is 22.9 Å². The van der Waals surface area contributed by atoms with Crippen molar-refractivity contribution in [2.45, 2.75) is 6.54 Å². The second-order valence-corrected chi connectivity index (χ2v) is 3.12. The van der Waals surface area contributed by atoms with E-state index >= 15 is 0 Å². The summed E-state index contributed by atoms with van der Waals surface area (Å²) in [6.45, 7) is 0.0131. The number of hydrogen-bond acceptors (Lipinski definition) is 3. The van der Waals surface area contributed by atoms with Crippen LogP contribution in [0.4, 0.5) is 0 Å². The number of nitrogens with one attached hydrogen (secondary N) is 1. The molecule has 0 bridgehead atoms. The lowest BCUT2D eigenvalue weighted by atomic mass is 10.2. The summed E-state index contributed by atoms with van der Waals surface area (Å²) in [5, 5.41) is 3.15. The van der Waals surface area contributed by atoms with Crippen molar-refractivity contribution in [3.63, 3.8) is 0 Å². The van der Waals surface area contributed by atoms with Gasteiger partial charge in [0.2, 0.25) is 0 Å². The molecule has 2 rings (SSSR count).